The molecule has 0 amide bonds. The van der Waals surface area contributed by atoms with Crippen LogP contribution in [0.4, 0.5) is 5.69 Å². The van der Waals surface area contributed by atoms with E-state index < -0.39 is 0 Å². The van der Waals surface area contributed by atoms with Gasteiger partial charge >= 0.3 is 0 Å². The van der Waals surface area contributed by atoms with Crippen LogP contribution in [0.2, 0.25) is 0 Å². The van der Waals surface area contributed by atoms with Gasteiger partial charge < -0.3 is 11.1 Å². The topological polar surface area (TPSA) is 38.0 Å². The van der Waals surface area contributed by atoms with Gasteiger partial charge in [0, 0.05) is 5.69 Å². The molecule has 0 spiro atoms. The van der Waals surface area contributed by atoms with Gasteiger partial charge in [0.25, 0.3) is 0 Å². The molecule has 0 saturated carbocycles. The average Bonchev–Trinajstić information content (AvgIpc) is 2.09. The Morgan fingerprint density at radius 3 is 2.83 bits per heavy atom. The van der Waals surface area contributed by atoms with Crippen LogP contribution in [-0.4, -0.2) is 6.54 Å². The Morgan fingerprint density at radius 2 is 2.17 bits per heavy atom. The molecule has 64 valence electrons. The van der Waals surface area contributed by atoms with E-state index in [1.54, 1.807) is 6.20 Å². The molecule has 0 unspecified atom stereocenters. The van der Waals surface area contributed by atoms with Crippen molar-refractivity contribution in [3.63, 3.8) is 0 Å². The SMILES string of the molecule is C=CNc1ccccc1CCN. The Hall–Kier alpha value is -1.28. The summed E-state index contributed by atoms with van der Waals surface area (Å²) < 4.78 is 0. The van der Waals surface area contributed by atoms with Crippen molar-refractivity contribution in [2.24, 2.45) is 5.73 Å². The smallest absolute Gasteiger partial charge is 0.0412 e. The van der Waals surface area contributed by atoms with Crippen LogP contribution in [0.5, 0.6) is 0 Å². The first-order valence-corrected chi connectivity index (χ1v) is 4.04. The van der Waals surface area contributed by atoms with Crippen molar-refractivity contribution in [2.45, 2.75) is 6.42 Å². The van der Waals surface area contributed by atoms with Crippen LogP contribution in [0, 0.1) is 0 Å². The van der Waals surface area contributed by atoms with Gasteiger partial charge in [-0.1, -0.05) is 24.8 Å². The first-order chi connectivity index (χ1) is 5.88. The Kier molecular flexibility index (Phi) is 3.35. The molecule has 12 heavy (non-hydrogen) atoms. The van der Waals surface area contributed by atoms with E-state index in [4.69, 9.17) is 5.73 Å². The highest BCUT2D eigenvalue weighted by molar-refractivity contribution is 5.52. The minimum Gasteiger partial charge on any atom is -0.362 e. The lowest BCUT2D eigenvalue weighted by atomic mass is 10.1. The third-order valence-corrected chi connectivity index (χ3v) is 1.69. The number of para-hydroxylation sites is 1. The summed E-state index contributed by atoms with van der Waals surface area (Å²) in [5, 5.41) is 3.07. The second kappa shape index (κ2) is 4.57. The molecule has 0 heterocycles. The van der Waals surface area contributed by atoms with Crippen LogP contribution in [0.25, 0.3) is 0 Å². The highest BCUT2D eigenvalue weighted by Crippen LogP contribution is 2.14. The third kappa shape index (κ3) is 2.10. The minimum absolute atomic E-state index is 0.676. The summed E-state index contributed by atoms with van der Waals surface area (Å²) in [6, 6.07) is 8.09. The monoisotopic (exact) mass is 162 g/mol. The molecule has 1 aromatic rings. The number of hydrogen-bond donors (Lipinski definition) is 2. The molecule has 2 heteroatoms. The molecule has 0 aliphatic carbocycles. The predicted molar refractivity (Wildman–Crippen MR) is 53.0 cm³/mol. The minimum atomic E-state index is 0.676. The van der Waals surface area contributed by atoms with Gasteiger partial charge in [0.05, 0.1) is 0 Å². The molecule has 0 atom stereocenters. The summed E-state index contributed by atoms with van der Waals surface area (Å²) in [5.74, 6) is 0. The van der Waals surface area contributed by atoms with Gasteiger partial charge in [-0.3, -0.25) is 0 Å². The van der Waals surface area contributed by atoms with Crippen LogP contribution in [-0.2, 0) is 6.42 Å². The van der Waals surface area contributed by atoms with Gasteiger partial charge in [-0.25, -0.2) is 0 Å². The van der Waals surface area contributed by atoms with Gasteiger partial charge in [-0.2, -0.15) is 0 Å². The van der Waals surface area contributed by atoms with Crippen molar-refractivity contribution in [1.29, 1.82) is 0 Å². The quantitative estimate of drug-likeness (QED) is 0.707. The van der Waals surface area contributed by atoms with Crippen molar-refractivity contribution in [3.8, 4) is 0 Å². The van der Waals surface area contributed by atoms with Gasteiger partial charge in [0.15, 0.2) is 0 Å². The summed E-state index contributed by atoms with van der Waals surface area (Å²) in [4.78, 5) is 0. The molecule has 3 N–H and O–H groups in total. The van der Waals surface area contributed by atoms with Gasteiger partial charge in [-0.15, -0.1) is 0 Å². The third-order valence-electron chi connectivity index (χ3n) is 1.69. The Morgan fingerprint density at radius 1 is 1.42 bits per heavy atom. The molecular formula is C10H14N2. The van der Waals surface area contributed by atoms with Crippen molar-refractivity contribution >= 4 is 5.69 Å². The van der Waals surface area contributed by atoms with Crippen molar-refractivity contribution < 1.29 is 0 Å². The number of hydrogen-bond acceptors (Lipinski definition) is 2. The molecule has 2 nitrogen and oxygen atoms in total. The molecule has 0 radical (unpaired) electrons. The summed E-state index contributed by atoms with van der Waals surface area (Å²) in [5.41, 5.74) is 7.80. The van der Waals surface area contributed by atoms with Crippen molar-refractivity contribution in [2.75, 3.05) is 11.9 Å². The summed E-state index contributed by atoms with van der Waals surface area (Å²) in [6.07, 6.45) is 2.58. The molecule has 0 fully saturated rings. The van der Waals surface area contributed by atoms with Crippen LogP contribution in [0.15, 0.2) is 37.0 Å². The Balaban J connectivity index is 2.83. The Labute approximate surface area is 73.1 Å². The van der Waals surface area contributed by atoms with Crippen LogP contribution < -0.4 is 11.1 Å². The summed E-state index contributed by atoms with van der Waals surface area (Å²) in [7, 11) is 0. The highest BCUT2D eigenvalue weighted by atomic mass is 14.8. The maximum Gasteiger partial charge on any atom is 0.0412 e. The normalized spacial score (nSPS) is 9.42. The lowest BCUT2D eigenvalue weighted by Gasteiger charge is -2.06. The van der Waals surface area contributed by atoms with E-state index in [-0.39, 0.29) is 0 Å². The van der Waals surface area contributed by atoms with E-state index in [1.807, 2.05) is 18.2 Å². The first kappa shape index (κ1) is 8.81. The van der Waals surface area contributed by atoms with Crippen LogP contribution >= 0.6 is 0 Å². The Bertz CT molecular complexity index is 256. The predicted octanol–water partition coefficient (Wildman–Crippen LogP) is 1.74. The van der Waals surface area contributed by atoms with Crippen molar-refractivity contribution in [3.05, 3.63) is 42.6 Å². The lowest BCUT2D eigenvalue weighted by Crippen LogP contribution is -2.04. The maximum absolute atomic E-state index is 5.47. The fourth-order valence-corrected chi connectivity index (χ4v) is 1.14. The van der Waals surface area contributed by atoms with Gasteiger partial charge in [0.2, 0.25) is 0 Å². The van der Waals surface area contributed by atoms with E-state index >= 15 is 0 Å². The summed E-state index contributed by atoms with van der Waals surface area (Å²) in [6.45, 7) is 4.29. The number of nitrogens with two attached hydrogens (primary N) is 1. The van der Waals surface area contributed by atoms with E-state index in [2.05, 4.69) is 18.0 Å². The second-order valence-corrected chi connectivity index (χ2v) is 2.54. The standard InChI is InChI=1S/C10H14N2/c1-2-12-10-6-4-3-5-9(10)7-8-11/h2-6,12H,1,7-8,11H2. The molecule has 0 saturated heterocycles. The molecule has 0 bridgehead atoms. The van der Waals surface area contributed by atoms with E-state index in [1.165, 1.54) is 5.56 Å². The largest absolute Gasteiger partial charge is 0.362 e. The molecule has 0 aromatic heterocycles. The molecule has 0 aliphatic rings. The van der Waals surface area contributed by atoms with Crippen LogP contribution in [0.3, 0.4) is 0 Å². The number of benzene rings is 1. The fraction of sp³-hybridized carbons (Fsp3) is 0.200. The number of anilines is 1. The zero-order chi connectivity index (χ0) is 8.81. The fourth-order valence-electron chi connectivity index (χ4n) is 1.14. The molecule has 0 aliphatic heterocycles. The molecule has 1 rings (SSSR count). The molecular weight excluding hydrogens is 148 g/mol. The van der Waals surface area contributed by atoms with Crippen molar-refractivity contribution in [1.82, 2.24) is 0 Å². The van der Waals surface area contributed by atoms with Gasteiger partial charge in [-0.05, 0) is 30.8 Å². The van der Waals surface area contributed by atoms with E-state index in [0.29, 0.717) is 6.54 Å². The number of nitrogens with one attached hydrogen (secondary N) is 1. The average molecular weight is 162 g/mol. The van der Waals surface area contributed by atoms with Gasteiger partial charge in [0.1, 0.15) is 0 Å². The van der Waals surface area contributed by atoms with E-state index in [0.717, 1.165) is 12.1 Å². The lowest BCUT2D eigenvalue weighted by molar-refractivity contribution is 0.970. The zero-order valence-electron chi connectivity index (χ0n) is 7.09. The number of rotatable bonds is 4. The zero-order valence-corrected chi connectivity index (χ0v) is 7.09. The van der Waals surface area contributed by atoms with Crippen LogP contribution in [0.1, 0.15) is 5.56 Å². The second-order valence-electron chi connectivity index (χ2n) is 2.54. The van der Waals surface area contributed by atoms with E-state index in [9.17, 15) is 0 Å². The highest BCUT2D eigenvalue weighted by Gasteiger charge is 1.96. The molecule has 1 aromatic carbocycles. The first-order valence-electron chi connectivity index (χ1n) is 4.04. The summed E-state index contributed by atoms with van der Waals surface area (Å²) >= 11 is 0. The maximum atomic E-state index is 5.47.